The molecule has 1 aliphatic rings. The van der Waals surface area contributed by atoms with Gasteiger partial charge in [-0.3, -0.25) is 4.99 Å². The first-order valence-electron chi connectivity index (χ1n) is 9.25. The molecule has 26 heavy (non-hydrogen) atoms. The molecule has 1 heterocycles. The molecule has 3 N–H and O–H groups in total. The third-order valence-corrected chi connectivity index (χ3v) is 5.47. The molecule has 0 radical (unpaired) electrons. The molecule has 1 fully saturated rings. The van der Waals surface area contributed by atoms with Crippen molar-refractivity contribution in [3.05, 3.63) is 36.0 Å². The average molecular weight is 470 g/mol. The van der Waals surface area contributed by atoms with E-state index in [1.54, 1.807) is 7.11 Å². The normalized spacial score (nSPS) is 16.0. The van der Waals surface area contributed by atoms with Crippen LogP contribution in [0.15, 0.2) is 35.5 Å². The van der Waals surface area contributed by atoms with Crippen molar-refractivity contribution in [1.29, 1.82) is 0 Å². The number of benzene rings is 1. The van der Waals surface area contributed by atoms with Crippen molar-refractivity contribution in [3.8, 4) is 0 Å². The van der Waals surface area contributed by atoms with Crippen LogP contribution in [0.25, 0.3) is 10.9 Å². The van der Waals surface area contributed by atoms with Crippen molar-refractivity contribution >= 4 is 40.8 Å². The number of methoxy groups -OCH3 is 1. The summed E-state index contributed by atoms with van der Waals surface area (Å²) in [7, 11) is 3.62. The Bertz CT molecular complexity index is 709. The standard InChI is InChI=1S/C20H30N4O.HI/c1-21-19(24-15-20(9-5-10-20)11-13-25-2)22-12-8-16-14-23-18-7-4-3-6-17(16)18;/h3-4,6-7,14,23H,5,8-13,15H2,1-2H3,(H2,21,22,24);1H. The van der Waals surface area contributed by atoms with Crippen LogP contribution in [0.5, 0.6) is 0 Å². The van der Waals surface area contributed by atoms with Gasteiger partial charge >= 0.3 is 0 Å². The summed E-state index contributed by atoms with van der Waals surface area (Å²) >= 11 is 0. The van der Waals surface area contributed by atoms with Gasteiger partial charge in [-0.15, -0.1) is 24.0 Å². The molecule has 0 unspecified atom stereocenters. The van der Waals surface area contributed by atoms with Crippen LogP contribution in [0.1, 0.15) is 31.2 Å². The minimum absolute atomic E-state index is 0. The molecule has 0 saturated heterocycles. The van der Waals surface area contributed by atoms with Crippen LogP contribution in [0, 0.1) is 5.41 Å². The zero-order valence-corrected chi connectivity index (χ0v) is 18.1. The summed E-state index contributed by atoms with van der Waals surface area (Å²) in [6.07, 6.45) is 8.11. The molecule has 5 nitrogen and oxygen atoms in total. The summed E-state index contributed by atoms with van der Waals surface area (Å²) in [5.41, 5.74) is 2.93. The molecule has 6 heteroatoms. The first-order valence-corrected chi connectivity index (χ1v) is 9.25. The summed E-state index contributed by atoms with van der Waals surface area (Å²) in [6, 6.07) is 8.44. The topological polar surface area (TPSA) is 61.4 Å². The molecule has 0 atom stereocenters. The second kappa shape index (κ2) is 10.2. The maximum absolute atomic E-state index is 5.27. The summed E-state index contributed by atoms with van der Waals surface area (Å²) in [5, 5.41) is 8.26. The number of hydrogen-bond donors (Lipinski definition) is 3. The van der Waals surface area contributed by atoms with Gasteiger partial charge in [0, 0.05) is 51.0 Å². The number of guanidine groups is 1. The molecule has 3 rings (SSSR count). The van der Waals surface area contributed by atoms with Crippen LogP contribution in [0.2, 0.25) is 0 Å². The van der Waals surface area contributed by atoms with Gasteiger partial charge in [-0.25, -0.2) is 0 Å². The highest BCUT2D eigenvalue weighted by Gasteiger charge is 2.36. The molecule has 1 saturated carbocycles. The molecular formula is C20H31IN4O. The van der Waals surface area contributed by atoms with E-state index in [2.05, 4.69) is 51.1 Å². The number of aromatic nitrogens is 1. The Balaban J connectivity index is 0.00000243. The van der Waals surface area contributed by atoms with Crippen molar-refractivity contribution in [2.45, 2.75) is 32.1 Å². The summed E-state index contributed by atoms with van der Waals surface area (Å²) in [4.78, 5) is 7.70. The summed E-state index contributed by atoms with van der Waals surface area (Å²) in [6.45, 7) is 2.68. The Morgan fingerprint density at radius 3 is 2.77 bits per heavy atom. The number of halogens is 1. The zero-order valence-electron chi connectivity index (χ0n) is 15.8. The van der Waals surface area contributed by atoms with Crippen LogP contribution >= 0.6 is 24.0 Å². The molecule has 2 aromatic rings. The minimum atomic E-state index is 0. The lowest BCUT2D eigenvalue weighted by Gasteiger charge is -2.42. The van der Waals surface area contributed by atoms with Crippen LogP contribution < -0.4 is 10.6 Å². The fraction of sp³-hybridized carbons (Fsp3) is 0.550. The summed E-state index contributed by atoms with van der Waals surface area (Å²) in [5.74, 6) is 0.892. The average Bonchev–Trinajstić information content (AvgIpc) is 3.02. The van der Waals surface area contributed by atoms with Crippen molar-refractivity contribution in [2.75, 3.05) is 33.9 Å². The Morgan fingerprint density at radius 1 is 1.27 bits per heavy atom. The largest absolute Gasteiger partial charge is 0.385 e. The number of aliphatic imine (C=N–C) groups is 1. The van der Waals surface area contributed by atoms with Crippen molar-refractivity contribution in [1.82, 2.24) is 15.6 Å². The van der Waals surface area contributed by atoms with Gasteiger partial charge in [0.2, 0.25) is 0 Å². The van der Waals surface area contributed by atoms with Gasteiger partial charge in [0.15, 0.2) is 5.96 Å². The number of fused-ring (bicyclic) bond motifs is 1. The molecular weight excluding hydrogens is 439 g/mol. The number of para-hydroxylation sites is 1. The number of nitrogens with one attached hydrogen (secondary N) is 3. The molecule has 0 bridgehead atoms. The maximum atomic E-state index is 5.27. The van der Waals surface area contributed by atoms with Crippen molar-refractivity contribution < 1.29 is 4.74 Å². The van der Waals surface area contributed by atoms with Gasteiger partial charge in [-0.05, 0) is 42.7 Å². The van der Waals surface area contributed by atoms with E-state index in [-0.39, 0.29) is 24.0 Å². The Hall–Kier alpha value is -1.28. The predicted octanol–water partition coefficient (Wildman–Crippen LogP) is 3.70. The Labute approximate surface area is 173 Å². The van der Waals surface area contributed by atoms with E-state index < -0.39 is 0 Å². The van der Waals surface area contributed by atoms with E-state index in [9.17, 15) is 0 Å². The van der Waals surface area contributed by atoms with Gasteiger partial charge in [-0.1, -0.05) is 24.6 Å². The predicted molar refractivity (Wildman–Crippen MR) is 120 cm³/mol. The van der Waals surface area contributed by atoms with E-state index in [0.717, 1.165) is 38.5 Å². The smallest absolute Gasteiger partial charge is 0.191 e. The number of H-pyrrole nitrogens is 1. The van der Waals surface area contributed by atoms with Crippen LogP contribution in [0.4, 0.5) is 0 Å². The highest BCUT2D eigenvalue weighted by Crippen LogP contribution is 2.43. The molecule has 0 amide bonds. The van der Waals surface area contributed by atoms with Gasteiger partial charge in [0.05, 0.1) is 0 Å². The van der Waals surface area contributed by atoms with Crippen LogP contribution in [0.3, 0.4) is 0 Å². The van der Waals surface area contributed by atoms with Gasteiger partial charge < -0.3 is 20.4 Å². The van der Waals surface area contributed by atoms with Gasteiger partial charge in [0.25, 0.3) is 0 Å². The number of aromatic amines is 1. The molecule has 1 aromatic heterocycles. The first kappa shape index (κ1) is 21.0. The lowest BCUT2D eigenvalue weighted by Crippen LogP contribution is -2.47. The maximum Gasteiger partial charge on any atom is 0.191 e. The monoisotopic (exact) mass is 470 g/mol. The van der Waals surface area contributed by atoms with Crippen molar-refractivity contribution in [2.24, 2.45) is 10.4 Å². The second-order valence-corrected chi connectivity index (χ2v) is 7.06. The van der Waals surface area contributed by atoms with E-state index in [0.29, 0.717) is 5.41 Å². The molecule has 0 aliphatic heterocycles. The Kier molecular flexibility index (Phi) is 8.21. The lowest BCUT2D eigenvalue weighted by molar-refractivity contribution is 0.0732. The third-order valence-electron chi connectivity index (χ3n) is 5.47. The second-order valence-electron chi connectivity index (χ2n) is 7.06. The first-order chi connectivity index (χ1) is 12.3. The van der Waals surface area contributed by atoms with E-state index in [1.165, 1.54) is 35.7 Å². The SMILES string of the molecule is CN=C(NCCc1c[nH]c2ccccc12)NCC1(CCOC)CCC1.I. The van der Waals surface area contributed by atoms with E-state index >= 15 is 0 Å². The van der Waals surface area contributed by atoms with Gasteiger partial charge in [-0.2, -0.15) is 0 Å². The lowest BCUT2D eigenvalue weighted by atomic mass is 9.67. The number of ether oxygens (including phenoxy) is 1. The fourth-order valence-electron chi connectivity index (χ4n) is 3.66. The quantitative estimate of drug-likeness (QED) is 0.313. The van der Waals surface area contributed by atoms with Gasteiger partial charge in [0.1, 0.15) is 0 Å². The minimum Gasteiger partial charge on any atom is -0.385 e. The zero-order chi connectivity index (χ0) is 17.5. The number of rotatable bonds is 8. The highest BCUT2D eigenvalue weighted by atomic mass is 127. The van der Waals surface area contributed by atoms with Crippen molar-refractivity contribution in [3.63, 3.8) is 0 Å². The summed E-state index contributed by atoms with van der Waals surface area (Å²) < 4.78 is 5.27. The van der Waals surface area contributed by atoms with E-state index in [4.69, 9.17) is 4.74 Å². The van der Waals surface area contributed by atoms with E-state index in [1.807, 2.05) is 7.05 Å². The van der Waals surface area contributed by atoms with Crippen LogP contribution in [-0.4, -0.2) is 44.8 Å². The molecule has 1 aromatic carbocycles. The number of hydrogen-bond acceptors (Lipinski definition) is 2. The van der Waals surface area contributed by atoms with Crippen LogP contribution in [-0.2, 0) is 11.2 Å². The molecule has 144 valence electrons. The fourth-order valence-corrected chi connectivity index (χ4v) is 3.66. The highest BCUT2D eigenvalue weighted by molar-refractivity contribution is 14.0. The number of nitrogens with zero attached hydrogens (tertiary/aromatic N) is 1. The molecule has 1 aliphatic carbocycles. The Morgan fingerprint density at radius 2 is 2.08 bits per heavy atom. The third kappa shape index (κ3) is 5.13. The molecule has 0 spiro atoms.